The number of aromatic nitrogens is 1. The molecule has 0 aliphatic rings. The molecule has 2 aromatic rings. The van der Waals surface area contributed by atoms with E-state index in [1.165, 1.54) is 20.3 Å². The molecule has 0 amide bonds. The van der Waals surface area contributed by atoms with Crippen LogP contribution in [0.5, 0.6) is 17.2 Å². The number of benzene rings is 1. The summed E-state index contributed by atoms with van der Waals surface area (Å²) in [7, 11) is 2.87. The second-order valence-corrected chi connectivity index (χ2v) is 5.12. The average molecular weight is 344 g/mol. The van der Waals surface area contributed by atoms with E-state index in [9.17, 15) is 9.90 Å². The number of carbonyl (C=O) groups excluding carboxylic acids is 1. The molecule has 0 fully saturated rings. The van der Waals surface area contributed by atoms with Crippen LogP contribution in [0.1, 0.15) is 11.1 Å². The van der Waals surface area contributed by atoms with Crippen LogP contribution in [0.2, 0.25) is 0 Å². The van der Waals surface area contributed by atoms with Crippen LogP contribution >= 0.6 is 0 Å². The third-order valence-corrected chi connectivity index (χ3v) is 3.40. The van der Waals surface area contributed by atoms with Gasteiger partial charge < -0.3 is 25.1 Å². The lowest BCUT2D eigenvalue weighted by atomic mass is 10.1. The van der Waals surface area contributed by atoms with Crippen molar-refractivity contribution in [3.8, 4) is 17.2 Å². The quantitative estimate of drug-likeness (QED) is 0.586. The first-order chi connectivity index (χ1) is 12.0. The van der Waals surface area contributed by atoms with Crippen LogP contribution in [0.25, 0.3) is 6.08 Å². The Morgan fingerprint density at radius 2 is 1.92 bits per heavy atom. The summed E-state index contributed by atoms with van der Waals surface area (Å²) in [5.74, 6) is 0.381. The van der Waals surface area contributed by atoms with Crippen LogP contribution in [0.4, 0.5) is 5.82 Å². The molecular weight excluding hydrogens is 324 g/mol. The summed E-state index contributed by atoms with van der Waals surface area (Å²) in [6, 6.07) is 6.70. The second-order valence-electron chi connectivity index (χ2n) is 5.12. The number of rotatable bonds is 7. The molecule has 0 aliphatic heterocycles. The number of phenols is 1. The first-order valence-corrected chi connectivity index (χ1v) is 7.53. The fourth-order valence-corrected chi connectivity index (χ4v) is 2.08. The van der Waals surface area contributed by atoms with Gasteiger partial charge in [0.1, 0.15) is 5.82 Å². The van der Waals surface area contributed by atoms with Crippen LogP contribution in [0.15, 0.2) is 36.5 Å². The maximum atomic E-state index is 11.8. The van der Waals surface area contributed by atoms with Gasteiger partial charge in [0.25, 0.3) is 0 Å². The zero-order chi connectivity index (χ0) is 18.2. The summed E-state index contributed by atoms with van der Waals surface area (Å²) in [5.41, 5.74) is 7.07. The number of aromatic hydroxyl groups is 1. The Morgan fingerprint density at radius 1 is 1.24 bits per heavy atom. The highest BCUT2D eigenvalue weighted by molar-refractivity contribution is 5.87. The number of phenolic OH excluding ortho intramolecular Hbond substituents is 1. The van der Waals surface area contributed by atoms with Crippen molar-refractivity contribution in [2.75, 3.05) is 26.6 Å². The largest absolute Gasteiger partial charge is 0.502 e. The van der Waals surface area contributed by atoms with Crippen molar-refractivity contribution in [3.05, 3.63) is 47.7 Å². The summed E-state index contributed by atoms with van der Waals surface area (Å²) >= 11 is 0. The summed E-state index contributed by atoms with van der Waals surface area (Å²) in [6.45, 7) is 0.233. The van der Waals surface area contributed by atoms with Gasteiger partial charge in [-0.2, -0.15) is 0 Å². The Morgan fingerprint density at radius 3 is 2.48 bits per heavy atom. The Labute approximate surface area is 145 Å². The van der Waals surface area contributed by atoms with E-state index in [1.807, 2.05) is 6.07 Å². The molecule has 25 heavy (non-hydrogen) atoms. The topological polar surface area (TPSA) is 104 Å². The monoisotopic (exact) mass is 344 g/mol. The number of nitrogen functional groups attached to an aromatic ring is 1. The van der Waals surface area contributed by atoms with Gasteiger partial charge in [-0.15, -0.1) is 0 Å². The molecule has 0 saturated carbocycles. The molecule has 7 heteroatoms. The van der Waals surface area contributed by atoms with Crippen LogP contribution in [0.3, 0.4) is 0 Å². The Hall–Kier alpha value is -3.22. The molecule has 0 spiro atoms. The molecular formula is C18H20N2O5. The van der Waals surface area contributed by atoms with E-state index in [0.717, 1.165) is 5.56 Å². The highest BCUT2D eigenvalue weighted by Crippen LogP contribution is 2.37. The molecule has 1 aromatic heterocycles. The van der Waals surface area contributed by atoms with Gasteiger partial charge in [-0.3, -0.25) is 0 Å². The standard InChI is InChI=1S/C18H20N2O5/c1-23-14-9-13(10-15(24-2)18(14)22)4-6-17(21)25-8-7-12-3-5-16(19)20-11-12/h3-6,9-11,22H,7-8H2,1-2H3,(H2,19,20)/b6-4+. The summed E-state index contributed by atoms with van der Waals surface area (Å²) in [5, 5.41) is 9.85. The third kappa shape index (κ3) is 5.13. The van der Waals surface area contributed by atoms with Crippen molar-refractivity contribution >= 4 is 17.9 Å². The number of nitrogens with two attached hydrogens (primary N) is 1. The van der Waals surface area contributed by atoms with Crippen LogP contribution in [-0.4, -0.2) is 36.9 Å². The zero-order valence-corrected chi connectivity index (χ0v) is 14.1. The summed E-state index contributed by atoms with van der Waals surface area (Å²) in [4.78, 5) is 15.8. The molecule has 0 saturated heterocycles. The molecule has 7 nitrogen and oxygen atoms in total. The van der Waals surface area contributed by atoms with Gasteiger partial charge in [0.2, 0.25) is 5.75 Å². The number of ether oxygens (including phenoxy) is 3. The molecule has 2 rings (SSSR count). The number of hydrogen-bond acceptors (Lipinski definition) is 7. The second kappa shape index (κ2) is 8.58. The molecule has 0 unspecified atom stereocenters. The maximum absolute atomic E-state index is 11.8. The van der Waals surface area contributed by atoms with E-state index in [2.05, 4.69) is 4.98 Å². The van der Waals surface area contributed by atoms with Gasteiger partial charge in [-0.05, 0) is 35.4 Å². The predicted octanol–water partition coefficient (Wildman–Crippen LogP) is 2.19. The number of esters is 1. The number of carbonyl (C=O) groups is 1. The molecule has 0 radical (unpaired) electrons. The number of anilines is 1. The van der Waals surface area contributed by atoms with E-state index in [1.54, 1.807) is 30.5 Å². The summed E-state index contributed by atoms with van der Waals surface area (Å²) in [6.07, 6.45) is 5.05. The lowest BCUT2D eigenvalue weighted by molar-refractivity contribution is -0.137. The van der Waals surface area contributed by atoms with Gasteiger partial charge in [-0.25, -0.2) is 9.78 Å². The van der Waals surface area contributed by atoms with E-state index < -0.39 is 5.97 Å². The fourth-order valence-electron chi connectivity index (χ4n) is 2.08. The van der Waals surface area contributed by atoms with E-state index in [4.69, 9.17) is 19.9 Å². The molecule has 1 heterocycles. The molecule has 3 N–H and O–H groups in total. The molecule has 0 aliphatic carbocycles. The summed E-state index contributed by atoms with van der Waals surface area (Å²) < 4.78 is 15.3. The lowest BCUT2D eigenvalue weighted by Crippen LogP contribution is -2.05. The van der Waals surface area contributed by atoms with Gasteiger partial charge in [-0.1, -0.05) is 6.07 Å². The zero-order valence-electron chi connectivity index (χ0n) is 14.1. The van der Waals surface area contributed by atoms with Crippen molar-refractivity contribution in [2.45, 2.75) is 6.42 Å². The van der Waals surface area contributed by atoms with Gasteiger partial charge in [0.05, 0.1) is 20.8 Å². The van der Waals surface area contributed by atoms with Gasteiger partial charge >= 0.3 is 5.97 Å². The lowest BCUT2D eigenvalue weighted by Gasteiger charge is -2.09. The Kier molecular flexibility index (Phi) is 6.22. The maximum Gasteiger partial charge on any atom is 0.330 e. The number of pyridine rings is 1. The molecule has 1 aromatic carbocycles. The normalized spacial score (nSPS) is 10.6. The van der Waals surface area contributed by atoms with Crippen molar-refractivity contribution in [1.82, 2.24) is 4.98 Å². The third-order valence-electron chi connectivity index (χ3n) is 3.40. The SMILES string of the molecule is COc1cc(/C=C/C(=O)OCCc2ccc(N)nc2)cc(OC)c1O. The minimum absolute atomic E-state index is 0.0955. The van der Waals surface area contributed by atoms with Gasteiger partial charge in [0, 0.05) is 18.7 Å². The first kappa shape index (κ1) is 18.1. The van der Waals surface area contributed by atoms with E-state index >= 15 is 0 Å². The Bertz CT molecular complexity index is 732. The fraction of sp³-hybridized carbons (Fsp3) is 0.222. The first-order valence-electron chi connectivity index (χ1n) is 7.53. The van der Waals surface area contributed by atoms with Crippen molar-refractivity contribution in [2.24, 2.45) is 0 Å². The highest BCUT2D eigenvalue weighted by Gasteiger charge is 2.10. The van der Waals surface area contributed by atoms with Crippen LogP contribution < -0.4 is 15.2 Å². The van der Waals surface area contributed by atoms with Crippen LogP contribution in [0, 0.1) is 0 Å². The highest BCUT2D eigenvalue weighted by atomic mass is 16.5. The van der Waals surface area contributed by atoms with Crippen molar-refractivity contribution in [1.29, 1.82) is 0 Å². The minimum Gasteiger partial charge on any atom is -0.502 e. The Balaban J connectivity index is 1.92. The van der Waals surface area contributed by atoms with E-state index in [0.29, 0.717) is 17.8 Å². The van der Waals surface area contributed by atoms with Gasteiger partial charge in [0.15, 0.2) is 11.5 Å². The minimum atomic E-state index is -0.477. The average Bonchev–Trinajstić information content (AvgIpc) is 2.62. The number of methoxy groups -OCH3 is 2. The predicted molar refractivity (Wildman–Crippen MR) is 93.6 cm³/mol. The number of nitrogens with zero attached hydrogens (tertiary/aromatic N) is 1. The smallest absolute Gasteiger partial charge is 0.330 e. The molecule has 0 atom stereocenters. The number of hydrogen-bond donors (Lipinski definition) is 2. The van der Waals surface area contributed by atoms with Crippen LogP contribution in [-0.2, 0) is 16.0 Å². The van der Waals surface area contributed by atoms with Crippen molar-refractivity contribution < 1.29 is 24.1 Å². The molecule has 0 bridgehead atoms. The van der Waals surface area contributed by atoms with E-state index in [-0.39, 0.29) is 23.9 Å². The van der Waals surface area contributed by atoms with Crippen molar-refractivity contribution in [3.63, 3.8) is 0 Å². The molecule has 132 valence electrons.